The van der Waals surface area contributed by atoms with Gasteiger partial charge in [0.15, 0.2) is 0 Å². The molecule has 0 heterocycles. The summed E-state index contributed by atoms with van der Waals surface area (Å²) in [7, 11) is 0. The van der Waals surface area contributed by atoms with Gasteiger partial charge in [0.05, 0.1) is 17.2 Å². The van der Waals surface area contributed by atoms with Crippen LogP contribution in [0.2, 0.25) is 5.02 Å². The van der Waals surface area contributed by atoms with E-state index in [0.29, 0.717) is 10.6 Å². The molecule has 6 heteroatoms. The van der Waals surface area contributed by atoms with Crippen LogP contribution in [0.15, 0.2) is 48.5 Å². The molecule has 0 saturated heterocycles. The largest absolute Gasteiger partial charge is 0.417 e. The molecule has 1 amide bonds. The van der Waals surface area contributed by atoms with Gasteiger partial charge in [0, 0.05) is 5.02 Å². The van der Waals surface area contributed by atoms with Crippen molar-refractivity contribution < 1.29 is 18.0 Å². The van der Waals surface area contributed by atoms with Crippen LogP contribution in [0.1, 0.15) is 34.5 Å². The number of amides is 1. The van der Waals surface area contributed by atoms with Gasteiger partial charge < -0.3 is 5.32 Å². The van der Waals surface area contributed by atoms with E-state index in [2.05, 4.69) is 5.32 Å². The average Bonchev–Trinajstić information content (AvgIpc) is 2.46. The molecule has 116 valence electrons. The van der Waals surface area contributed by atoms with Crippen LogP contribution in [0.3, 0.4) is 0 Å². The van der Waals surface area contributed by atoms with Crippen molar-refractivity contribution in [3.8, 4) is 0 Å². The van der Waals surface area contributed by atoms with Crippen LogP contribution < -0.4 is 5.32 Å². The van der Waals surface area contributed by atoms with E-state index in [0.717, 1.165) is 12.1 Å². The maximum Gasteiger partial charge on any atom is 0.417 e. The van der Waals surface area contributed by atoms with Gasteiger partial charge in [-0.1, -0.05) is 41.9 Å². The molecule has 0 saturated carbocycles. The molecule has 0 radical (unpaired) electrons. The number of rotatable bonds is 3. The lowest BCUT2D eigenvalue weighted by atomic mass is 10.0. The van der Waals surface area contributed by atoms with Crippen LogP contribution in [-0.4, -0.2) is 5.91 Å². The third-order valence-electron chi connectivity index (χ3n) is 3.20. The molecule has 0 aliphatic carbocycles. The fourth-order valence-electron chi connectivity index (χ4n) is 2.11. The minimum absolute atomic E-state index is 0.408. The van der Waals surface area contributed by atoms with Crippen LogP contribution in [0, 0.1) is 0 Å². The summed E-state index contributed by atoms with van der Waals surface area (Å²) < 4.78 is 38.8. The molecule has 2 rings (SSSR count). The standard InChI is InChI=1S/C16H13ClF3NO/c1-10(11-6-3-5-9-14(11)17)21-15(22)12-7-2-4-8-13(12)16(18,19)20/h2-10H,1H3,(H,21,22)/t10-/m1/s1. The Labute approximate surface area is 130 Å². The Balaban J connectivity index is 2.25. The van der Waals surface area contributed by atoms with Crippen LogP contribution in [0.5, 0.6) is 0 Å². The molecule has 2 aromatic carbocycles. The lowest BCUT2D eigenvalue weighted by Crippen LogP contribution is -2.29. The van der Waals surface area contributed by atoms with Crippen molar-refractivity contribution in [1.29, 1.82) is 0 Å². The second kappa shape index (κ2) is 6.40. The first-order valence-electron chi connectivity index (χ1n) is 6.52. The predicted molar refractivity (Wildman–Crippen MR) is 78.8 cm³/mol. The van der Waals surface area contributed by atoms with Crippen molar-refractivity contribution in [3.05, 3.63) is 70.2 Å². The number of benzene rings is 2. The SMILES string of the molecule is C[C@@H](NC(=O)c1ccccc1C(F)(F)F)c1ccccc1Cl. The monoisotopic (exact) mass is 327 g/mol. The van der Waals surface area contributed by atoms with E-state index in [9.17, 15) is 18.0 Å². The first-order valence-corrected chi connectivity index (χ1v) is 6.90. The van der Waals surface area contributed by atoms with Gasteiger partial charge in [0.2, 0.25) is 0 Å². The summed E-state index contributed by atoms with van der Waals surface area (Å²) >= 11 is 6.02. The highest BCUT2D eigenvalue weighted by Crippen LogP contribution is 2.32. The fourth-order valence-corrected chi connectivity index (χ4v) is 2.41. The Morgan fingerprint density at radius 3 is 2.32 bits per heavy atom. The number of carbonyl (C=O) groups is 1. The highest BCUT2D eigenvalue weighted by Gasteiger charge is 2.35. The van der Waals surface area contributed by atoms with Gasteiger partial charge in [0.25, 0.3) is 5.91 Å². The minimum atomic E-state index is -4.58. The van der Waals surface area contributed by atoms with Crippen LogP contribution in [-0.2, 0) is 6.18 Å². The van der Waals surface area contributed by atoms with Gasteiger partial charge in [0.1, 0.15) is 0 Å². The summed E-state index contributed by atoms with van der Waals surface area (Å²) in [5.74, 6) is -0.791. The smallest absolute Gasteiger partial charge is 0.345 e. The zero-order valence-corrected chi connectivity index (χ0v) is 12.4. The van der Waals surface area contributed by atoms with Crippen molar-refractivity contribution in [2.24, 2.45) is 0 Å². The van der Waals surface area contributed by atoms with Gasteiger partial charge in [-0.15, -0.1) is 0 Å². The second-order valence-corrected chi connectivity index (χ2v) is 5.17. The van der Waals surface area contributed by atoms with Gasteiger partial charge in [-0.05, 0) is 30.7 Å². The van der Waals surface area contributed by atoms with E-state index < -0.39 is 29.3 Å². The first-order chi connectivity index (χ1) is 10.3. The first kappa shape index (κ1) is 16.4. The summed E-state index contributed by atoms with van der Waals surface area (Å²) in [6.45, 7) is 1.66. The number of hydrogen-bond donors (Lipinski definition) is 1. The van der Waals surface area contributed by atoms with E-state index in [4.69, 9.17) is 11.6 Å². The molecule has 0 aromatic heterocycles. The maximum atomic E-state index is 12.9. The molecule has 1 atom stereocenters. The summed E-state index contributed by atoms with van der Waals surface area (Å²) in [5.41, 5.74) is -0.727. The molecule has 1 N–H and O–H groups in total. The molecule has 0 spiro atoms. The topological polar surface area (TPSA) is 29.1 Å². The molecule has 0 unspecified atom stereocenters. The normalized spacial score (nSPS) is 12.8. The zero-order chi connectivity index (χ0) is 16.3. The fraction of sp³-hybridized carbons (Fsp3) is 0.188. The van der Waals surface area contributed by atoms with Gasteiger partial charge in [-0.2, -0.15) is 13.2 Å². The van der Waals surface area contributed by atoms with Gasteiger partial charge >= 0.3 is 6.18 Å². The van der Waals surface area contributed by atoms with Crippen LogP contribution >= 0.6 is 11.6 Å². The Kier molecular flexibility index (Phi) is 4.76. The molecule has 0 fully saturated rings. The lowest BCUT2D eigenvalue weighted by Gasteiger charge is -2.18. The summed E-state index contributed by atoms with van der Waals surface area (Å²) in [6.07, 6.45) is -4.58. The van der Waals surface area contributed by atoms with Crippen LogP contribution in [0.25, 0.3) is 0 Å². The molecule has 2 nitrogen and oxygen atoms in total. The minimum Gasteiger partial charge on any atom is -0.345 e. The highest BCUT2D eigenvalue weighted by atomic mass is 35.5. The number of nitrogens with one attached hydrogen (secondary N) is 1. The molecule has 0 aliphatic rings. The third-order valence-corrected chi connectivity index (χ3v) is 3.54. The lowest BCUT2D eigenvalue weighted by molar-refractivity contribution is -0.137. The molecule has 2 aromatic rings. The summed E-state index contributed by atoms with van der Waals surface area (Å²) in [6, 6.07) is 11.0. The second-order valence-electron chi connectivity index (χ2n) is 4.76. The van der Waals surface area contributed by atoms with Crippen molar-refractivity contribution >= 4 is 17.5 Å². The molecular weight excluding hydrogens is 315 g/mol. The Hall–Kier alpha value is -2.01. The Morgan fingerprint density at radius 2 is 1.68 bits per heavy atom. The number of halogens is 4. The Bertz CT molecular complexity index is 685. The van der Waals surface area contributed by atoms with Crippen molar-refractivity contribution in [1.82, 2.24) is 5.32 Å². The van der Waals surface area contributed by atoms with E-state index in [-0.39, 0.29) is 0 Å². The highest BCUT2D eigenvalue weighted by molar-refractivity contribution is 6.31. The van der Waals surface area contributed by atoms with Crippen molar-refractivity contribution in [2.75, 3.05) is 0 Å². The molecule has 22 heavy (non-hydrogen) atoms. The Morgan fingerprint density at radius 1 is 1.09 bits per heavy atom. The summed E-state index contributed by atoms with van der Waals surface area (Å²) in [4.78, 5) is 12.2. The number of hydrogen-bond acceptors (Lipinski definition) is 1. The van der Waals surface area contributed by atoms with Crippen molar-refractivity contribution in [3.63, 3.8) is 0 Å². The molecule has 0 aliphatic heterocycles. The molecule has 0 bridgehead atoms. The van der Waals surface area contributed by atoms with Crippen LogP contribution in [0.4, 0.5) is 13.2 Å². The third kappa shape index (κ3) is 3.60. The van der Waals surface area contributed by atoms with E-state index in [1.165, 1.54) is 12.1 Å². The van der Waals surface area contributed by atoms with E-state index >= 15 is 0 Å². The van der Waals surface area contributed by atoms with E-state index in [1.54, 1.807) is 31.2 Å². The molecular formula is C16H13ClF3NO. The predicted octanol–water partition coefficient (Wildman–Crippen LogP) is 4.85. The average molecular weight is 328 g/mol. The quantitative estimate of drug-likeness (QED) is 0.858. The number of alkyl halides is 3. The van der Waals surface area contributed by atoms with Gasteiger partial charge in [-0.3, -0.25) is 4.79 Å². The summed E-state index contributed by atoms with van der Waals surface area (Å²) in [5, 5.41) is 2.99. The van der Waals surface area contributed by atoms with E-state index in [1.807, 2.05) is 0 Å². The van der Waals surface area contributed by atoms with Crippen molar-refractivity contribution in [2.45, 2.75) is 19.1 Å². The number of carbonyl (C=O) groups excluding carboxylic acids is 1. The zero-order valence-electron chi connectivity index (χ0n) is 11.6. The van der Waals surface area contributed by atoms with Gasteiger partial charge in [-0.25, -0.2) is 0 Å². The maximum absolute atomic E-state index is 12.9.